The second-order valence-corrected chi connectivity index (χ2v) is 7.29. The summed E-state index contributed by atoms with van der Waals surface area (Å²) in [5.74, 6) is 0.539. The van der Waals surface area contributed by atoms with E-state index in [1.165, 1.54) is 11.8 Å². The molecule has 4 atom stereocenters. The van der Waals surface area contributed by atoms with E-state index in [1.807, 2.05) is 12.1 Å². The highest BCUT2D eigenvalue weighted by Crippen LogP contribution is 2.84. The van der Waals surface area contributed by atoms with Crippen molar-refractivity contribution in [3.63, 3.8) is 0 Å². The van der Waals surface area contributed by atoms with Crippen LogP contribution in [0.5, 0.6) is 0 Å². The average molecular weight is 331 g/mol. The van der Waals surface area contributed by atoms with E-state index in [9.17, 15) is 10.5 Å². The van der Waals surface area contributed by atoms with Crippen molar-refractivity contribution >= 4 is 29.2 Å². The van der Waals surface area contributed by atoms with Crippen molar-refractivity contribution in [1.82, 2.24) is 0 Å². The molecule has 1 aliphatic carbocycles. The molecule has 0 radical (unpaired) electrons. The predicted molar refractivity (Wildman–Crippen MR) is 83.0 cm³/mol. The number of halogens is 1. The van der Waals surface area contributed by atoms with Crippen LogP contribution in [0.15, 0.2) is 29.3 Å². The van der Waals surface area contributed by atoms with Crippen molar-refractivity contribution < 1.29 is 4.74 Å². The quantitative estimate of drug-likeness (QED) is 0.852. The number of hydrogen-bond acceptors (Lipinski definition) is 6. The number of benzene rings is 1. The molecule has 2 aliphatic heterocycles. The fourth-order valence-corrected chi connectivity index (χ4v) is 5.43. The van der Waals surface area contributed by atoms with Crippen LogP contribution in [0.25, 0.3) is 0 Å². The van der Waals surface area contributed by atoms with Gasteiger partial charge >= 0.3 is 0 Å². The lowest BCUT2D eigenvalue weighted by Gasteiger charge is -2.26. The third kappa shape index (κ3) is 1.24. The van der Waals surface area contributed by atoms with Crippen LogP contribution in [0.2, 0.25) is 5.02 Å². The second kappa shape index (κ2) is 4.17. The Morgan fingerprint density at radius 1 is 1.41 bits per heavy atom. The minimum Gasteiger partial charge on any atom is -0.386 e. The largest absolute Gasteiger partial charge is 0.386 e. The highest BCUT2D eigenvalue weighted by molar-refractivity contribution is 8.00. The molecule has 3 aliphatic rings. The maximum atomic E-state index is 9.95. The first-order valence-electron chi connectivity index (χ1n) is 6.80. The van der Waals surface area contributed by atoms with E-state index >= 15 is 0 Å². The van der Waals surface area contributed by atoms with E-state index < -0.39 is 15.9 Å². The monoisotopic (exact) mass is 330 g/mol. The minimum absolute atomic E-state index is 0.191. The Balaban J connectivity index is 1.94. The molecule has 7 heteroatoms. The topological polar surface area (TPSA) is 95.2 Å². The Morgan fingerprint density at radius 3 is 2.82 bits per heavy atom. The lowest BCUT2D eigenvalue weighted by Crippen LogP contribution is -2.34. The van der Waals surface area contributed by atoms with Crippen LogP contribution in [0, 0.1) is 33.5 Å². The van der Waals surface area contributed by atoms with E-state index in [-0.39, 0.29) is 11.8 Å². The van der Waals surface area contributed by atoms with Crippen LogP contribution < -0.4 is 5.73 Å². The number of hydrogen-bond donors (Lipinski definition) is 1. The van der Waals surface area contributed by atoms with Gasteiger partial charge in [-0.15, -0.1) is 0 Å². The highest BCUT2D eigenvalue weighted by Gasteiger charge is 2.93. The average Bonchev–Trinajstić information content (AvgIpc) is 2.77. The Kier molecular flexibility index (Phi) is 2.64. The predicted octanol–water partition coefficient (Wildman–Crippen LogP) is 2.25. The van der Waals surface area contributed by atoms with Crippen molar-refractivity contribution in [3.05, 3.63) is 34.9 Å². The molecule has 4 rings (SSSR count). The first-order valence-corrected chi connectivity index (χ1v) is 8.16. The molecule has 5 nitrogen and oxygen atoms in total. The van der Waals surface area contributed by atoms with Crippen molar-refractivity contribution in [2.45, 2.75) is 11.0 Å². The van der Waals surface area contributed by atoms with E-state index in [0.29, 0.717) is 11.6 Å². The lowest BCUT2D eigenvalue weighted by atomic mass is 9.95. The summed E-state index contributed by atoms with van der Waals surface area (Å²) < 4.78 is 5.82. The van der Waals surface area contributed by atoms with Gasteiger partial charge in [-0.2, -0.15) is 10.5 Å². The van der Waals surface area contributed by atoms with Gasteiger partial charge in [-0.3, -0.25) is 0 Å². The van der Waals surface area contributed by atoms with Gasteiger partial charge in [-0.05, 0) is 17.7 Å². The SMILES string of the molecule is N#C[C@@]12[C@@H](c3cccc(Cl)c3)[C@]1(C#N)C(N)=N[C@@]21OCCS1. The molecule has 1 aromatic carbocycles. The van der Waals surface area contributed by atoms with Gasteiger partial charge in [0.15, 0.2) is 5.41 Å². The van der Waals surface area contributed by atoms with Crippen molar-refractivity contribution in [1.29, 1.82) is 10.5 Å². The third-order valence-electron chi connectivity index (χ3n) is 4.79. The molecular weight excluding hydrogens is 320 g/mol. The van der Waals surface area contributed by atoms with Crippen LogP contribution >= 0.6 is 23.4 Å². The van der Waals surface area contributed by atoms with Gasteiger partial charge in [0, 0.05) is 16.7 Å². The molecule has 2 fully saturated rings. The molecule has 1 saturated heterocycles. The number of rotatable bonds is 1. The highest BCUT2D eigenvalue weighted by atomic mass is 35.5. The lowest BCUT2D eigenvalue weighted by molar-refractivity contribution is 0.0200. The van der Waals surface area contributed by atoms with Crippen molar-refractivity contribution in [2.24, 2.45) is 21.6 Å². The summed E-state index contributed by atoms with van der Waals surface area (Å²) in [7, 11) is 0. The summed E-state index contributed by atoms with van der Waals surface area (Å²) in [5, 5.41) is 19.3. The van der Waals surface area contributed by atoms with E-state index in [1.54, 1.807) is 12.1 Å². The molecular formula is C15H11ClN4OS. The number of thioether (sulfide) groups is 1. The molecule has 1 spiro atoms. The van der Waals surface area contributed by atoms with Gasteiger partial charge in [0.05, 0.1) is 18.7 Å². The molecule has 1 saturated carbocycles. The Hall–Kier alpha value is -1.73. The molecule has 110 valence electrons. The molecule has 1 aromatic rings. The zero-order valence-electron chi connectivity index (χ0n) is 11.4. The first-order chi connectivity index (χ1) is 10.6. The van der Waals surface area contributed by atoms with Crippen molar-refractivity contribution in [3.8, 4) is 12.1 Å². The van der Waals surface area contributed by atoms with Crippen molar-refractivity contribution in [2.75, 3.05) is 12.4 Å². The number of ether oxygens (including phenoxy) is 1. The molecule has 0 bridgehead atoms. The number of nitrogens with two attached hydrogens (primary N) is 1. The first kappa shape index (κ1) is 13.9. The fraction of sp³-hybridized carbons (Fsp3) is 0.400. The zero-order chi connectivity index (χ0) is 15.6. The van der Waals surface area contributed by atoms with Crippen LogP contribution in [-0.4, -0.2) is 23.3 Å². The standard InChI is InChI=1S/C15H11ClN4OS/c16-10-3-1-2-9(6-10)11-13(7-17)12(19)20-15(14(11,13)8-18)21-4-5-22-15/h1-3,6,11H,4-5H2,(H2,19,20)/t11-,13+,14+,15+/m0/s1. The summed E-state index contributed by atoms with van der Waals surface area (Å²) in [6.45, 7) is 0.495. The summed E-state index contributed by atoms with van der Waals surface area (Å²) >= 11 is 7.52. The molecule has 0 unspecified atom stereocenters. The normalized spacial score (nSPS) is 41.6. The Morgan fingerprint density at radius 2 is 2.23 bits per heavy atom. The van der Waals surface area contributed by atoms with Gasteiger partial charge in [0.1, 0.15) is 11.3 Å². The van der Waals surface area contributed by atoms with Crippen LogP contribution in [0.3, 0.4) is 0 Å². The maximum absolute atomic E-state index is 9.95. The molecule has 22 heavy (non-hydrogen) atoms. The van der Waals surface area contributed by atoms with E-state index in [4.69, 9.17) is 22.1 Å². The van der Waals surface area contributed by atoms with Gasteiger partial charge in [0.25, 0.3) is 0 Å². The van der Waals surface area contributed by atoms with Gasteiger partial charge < -0.3 is 10.5 Å². The molecule has 2 N–H and O–H groups in total. The summed E-state index contributed by atoms with van der Waals surface area (Å²) in [5.41, 5.74) is 4.69. The number of nitrogens with zero attached hydrogens (tertiary/aromatic N) is 3. The number of amidine groups is 1. The van der Waals surface area contributed by atoms with E-state index in [2.05, 4.69) is 17.1 Å². The summed E-state index contributed by atoms with van der Waals surface area (Å²) in [6.07, 6.45) is 0. The number of fused-ring (bicyclic) bond motifs is 2. The van der Waals surface area contributed by atoms with E-state index in [0.717, 1.165) is 11.3 Å². The number of aliphatic imine (C=N–C) groups is 1. The summed E-state index contributed by atoms with van der Waals surface area (Å²) in [4.78, 5) is 4.39. The zero-order valence-corrected chi connectivity index (χ0v) is 13.0. The van der Waals surface area contributed by atoms with Gasteiger partial charge in [-0.25, -0.2) is 4.99 Å². The molecule has 2 heterocycles. The van der Waals surface area contributed by atoms with Crippen LogP contribution in [0.4, 0.5) is 0 Å². The van der Waals surface area contributed by atoms with Gasteiger partial charge in [0.2, 0.25) is 5.06 Å². The summed E-state index contributed by atoms with van der Waals surface area (Å²) in [6, 6.07) is 11.8. The Labute approximate surface area is 136 Å². The minimum atomic E-state index is -1.14. The molecule has 0 amide bonds. The molecule has 0 aromatic heterocycles. The number of nitriles is 2. The second-order valence-electron chi connectivity index (χ2n) is 5.60. The van der Waals surface area contributed by atoms with Crippen LogP contribution in [-0.2, 0) is 4.74 Å². The Bertz CT molecular complexity index is 791. The smallest absolute Gasteiger partial charge is 0.230 e. The third-order valence-corrected chi connectivity index (χ3v) is 6.32. The van der Waals surface area contributed by atoms with Gasteiger partial charge in [-0.1, -0.05) is 35.5 Å². The fourth-order valence-electron chi connectivity index (χ4n) is 3.90. The maximum Gasteiger partial charge on any atom is 0.230 e. The van der Waals surface area contributed by atoms with Crippen LogP contribution in [0.1, 0.15) is 11.5 Å².